The fraction of sp³-hybridized carbons (Fsp3) is 0.600. The molecule has 0 radical (unpaired) electrons. The summed E-state index contributed by atoms with van der Waals surface area (Å²) in [5, 5.41) is 10.6. The van der Waals surface area contributed by atoms with Crippen LogP contribution in [0, 0.1) is 21.8 Å². The molecular weight excluding hydrogens is 291 g/mol. The largest absolute Gasteiger partial charge is 0.369 e. The second-order valence-corrected chi connectivity index (χ2v) is 5.46. The van der Waals surface area contributed by atoms with Crippen LogP contribution in [0.15, 0.2) is 18.2 Å². The minimum absolute atomic E-state index is 0.201. The van der Waals surface area contributed by atoms with Crippen LogP contribution in [0.3, 0.4) is 0 Å². The molecule has 1 aliphatic heterocycles. The van der Waals surface area contributed by atoms with E-state index in [-0.39, 0.29) is 12.0 Å². The van der Waals surface area contributed by atoms with E-state index in [2.05, 4.69) is 0 Å². The molecular formula is C15H21FN2O4. The van der Waals surface area contributed by atoms with Crippen LogP contribution in [0.4, 0.5) is 15.8 Å². The molecule has 0 aliphatic carbocycles. The summed E-state index contributed by atoms with van der Waals surface area (Å²) in [5.41, 5.74) is 0.207. The van der Waals surface area contributed by atoms with E-state index in [0.717, 1.165) is 38.4 Å². The van der Waals surface area contributed by atoms with Crippen molar-refractivity contribution in [1.29, 1.82) is 0 Å². The lowest BCUT2D eigenvalue weighted by Crippen LogP contribution is -2.35. The van der Waals surface area contributed by atoms with Crippen LogP contribution in [0.25, 0.3) is 0 Å². The van der Waals surface area contributed by atoms with Gasteiger partial charge < -0.3 is 14.4 Å². The SMILES string of the molecule is COC(CC1CCN(c2ccc([N+](=O)[O-])cc2F)CC1)OC. The molecule has 0 saturated carbocycles. The van der Waals surface area contributed by atoms with Crippen molar-refractivity contribution in [3.05, 3.63) is 34.1 Å². The standard InChI is InChI=1S/C15H21FN2O4/c1-21-15(22-2)9-11-5-7-17(8-6-11)14-4-3-12(18(19)20)10-13(14)16/h3-4,10-11,15H,5-9H2,1-2H3. The zero-order valence-electron chi connectivity index (χ0n) is 12.8. The third-order valence-electron chi connectivity index (χ3n) is 4.15. The molecule has 1 heterocycles. The van der Waals surface area contributed by atoms with E-state index in [1.807, 2.05) is 4.90 Å². The molecule has 0 aromatic heterocycles. The molecule has 7 heteroatoms. The molecule has 122 valence electrons. The fourth-order valence-electron chi connectivity index (χ4n) is 2.84. The Balaban J connectivity index is 1.95. The molecule has 0 bridgehead atoms. The van der Waals surface area contributed by atoms with Gasteiger partial charge in [0.15, 0.2) is 12.1 Å². The average Bonchev–Trinajstić information content (AvgIpc) is 2.53. The number of non-ortho nitro benzene ring substituents is 1. The van der Waals surface area contributed by atoms with Crippen LogP contribution in [0.1, 0.15) is 19.3 Å². The Labute approximate surface area is 129 Å². The first-order valence-electron chi connectivity index (χ1n) is 7.29. The van der Waals surface area contributed by atoms with Crippen LogP contribution < -0.4 is 4.90 Å². The third-order valence-corrected chi connectivity index (χ3v) is 4.15. The van der Waals surface area contributed by atoms with Crippen molar-refractivity contribution in [2.75, 3.05) is 32.2 Å². The summed E-state index contributed by atoms with van der Waals surface area (Å²) in [4.78, 5) is 12.0. The molecule has 1 aromatic carbocycles. The Morgan fingerprint density at radius 3 is 2.50 bits per heavy atom. The van der Waals surface area contributed by atoms with Crippen molar-refractivity contribution in [2.24, 2.45) is 5.92 Å². The number of methoxy groups -OCH3 is 2. The third kappa shape index (κ3) is 3.92. The molecule has 0 amide bonds. The van der Waals surface area contributed by atoms with E-state index < -0.39 is 10.7 Å². The summed E-state index contributed by atoms with van der Waals surface area (Å²) in [6.45, 7) is 1.44. The fourth-order valence-corrected chi connectivity index (χ4v) is 2.84. The summed E-state index contributed by atoms with van der Waals surface area (Å²) >= 11 is 0. The Morgan fingerprint density at radius 2 is 2.00 bits per heavy atom. The highest BCUT2D eigenvalue weighted by atomic mass is 19.1. The van der Waals surface area contributed by atoms with E-state index in [9.17, 15) is 14.5 Å². The summed E-state index contributed by atoms with van der Waals surface area (Å²) in [7, 11) is 3.24. The number of rotatable bonds is 6. The van der Waals surface area contributed by atoms with Gasteiger partial charge in [-0.2, -0.15) is 0 Å². The van der Waals surface area contributed by atoms with Crippen LogP contribution >= 0.6 is 0 Å². The molecule has 0 spiro atoms. The van der Waals surface area contributed by atoms with Crippen LogP contribution in [-0.2, 0) is 9.47 Å². The Kier molecular flexibility index (Phi) is 5.68. The number of nitrogens with zero attached hydrogens (tertiary/aromatic N) is 2. The summed E-state index contributed by atoms with van der Waals surface area (Å²) in [5.74, 6) is -0.0680. The van der Waals surface area contributed by atoms with Gasteiger partial charge >= 0.3 is 0 Å². The normalized spacial score (nSPS) is 16.3. The number of hydrogen-bond donors (Lipinski definition) is 0. The maximum atomic E-state index is 14.0. The quantitative estimate of drug-likeness (QED) is 0.459. The number of hydrogen-bond acceptors (Lipinski definition) is 5. The second-order valence-electron chi connectivity index (χ2n) is 5.46. The van der Waals surface area contributed by atoms with Gasteiger partial charge in [0.2, 0.25) is 0 Å². The molecule has 1 aliphatic rings. The van der Waals surface area contributed by atoms with Crippen molar-refractivity contribution in [2.45, 2.75) is 25.6 Å². The average molecular weight is 312 g/mol. The van der Waals surface area contributed by atoms with Crippen molar-refractivity contribution in [3.63, 3.8) is 0 Å². The van der Waals surface area contributed by atoms with Crippen molar-refractivity contribution < 1.29 is 18.8 Å². The van der Waals surface area contributed by atoms with Crippen LogP contribution in [0.2, 0.25) is 0 Å². The maximum Gasteiger partial charge on any atom is 0.272 e. The van der Waals surface area contributed by atoms with Gasteiger partial charge in [-0.15, -0.1) is 0 Å². The lowest BCUT2D eigenvalue weighted by molar-refractivity contribution is -0.385. The smallest absolute Gasteiger partial charge is 0.272 e. The molecule has 0 atom stereocenters. The number of ether oxygens (including phenoxy) is 2. The van der Waals surface area contributed by atoms with Crippen LogP contribution in [0.5, 0.6) is 0 Å². The topological polar surface area (TPSA) is 64.8 Å². The summed E-state index contributed by atoms with van der Waals surface area (Å²) in [6.07, 6.45) is 2.45. The highest BCUT2D eigenvalue weighted by molar-refractivity contribution is 5.52. The van der Waals surface area contributed by atoms with E-state index in [1.54, 1.807) is 14.2 Å². The monoisotopic (exact) mass is 312 g/mol. The van der Waals surface area contributed by atoms with E-state index in [0.29, 0.717) is 11.6 Å². The minimum atomic E-state index is -0.589. The van der Waals surface area contributed by atoms with Crippen molar-refractivity contribution >= 4 is 11.4 Å². The molecule has 1 fully saturated rings. The van der Waals surface area contributed by atoms with Gasteiger partial charge in [0.05, 0.1) is 16.7 Å². The summed E-state index contributed by atoms with van der Waals surface area (Å²) < 4.78 is 24.4. The number of nitro benzene ring substituents is 1. The minimum Gasteiger partial charge on any atom is -0.369 e. The van der Waals surface area contributed by atoms with Gasteiger partial charge in [0, 0.05) is 39.8 Å². The zero-order valence-corrected chi connectivity index (χ0v) is 12.8. The predicted molar refractivity (Wildman–Crippen MR) is 80.4 cm³/mol. The first-order chi connectivity index (χ1) is 10.5. The van der Waals surface area contributed by atoms with Crippen molar-refractivity contribution in [3.8, 4) is 0 Å². The van der Waals surface area contributed by atoms with Crippen LogP contribution in [-0.4, -0.2) is 38.5 Å². The first-order valence-corrected chi connectivity index (χ1v) is 7.29. The molecule has 22 heavy (non-hydrogen) atoms. The van der Waals surface area contributed by atoms with Gasteiger partial charge in [0.1, 0.15) is 0 Å². The molecule has 0 N–H and O–H groups in total. The second kappa shape index (κ2) is 7.51. The highest BCUT2D eigenvalue weighted by Gasteiger charge is 2.24. The lowest BCUT2D eigenvalue weighted by atomic mass is 9.93. The van der Waals surface area contributed by atoms with Gasteiger partial charge in [-0.3, -0.25) is 10.1 Å². The Morgan fingerprint density at radius 1 is 1.36 bits per heavy atom. The summed E-state index contributed by atoms with van der Waals surface area (Å²) in [6, 6.07) is 3.81. The number of nitro groups is 1. The van der Waals surface area contributed by atoms with Gasteiger partial charge in [0.25, 0.3) is 5.69 Å². The number of anilines is 1. The molecule has 1 saturated heterocycles. The Hall–Kier alpha value is -1.73. The zero-order chi connectivity index (χ0) is 16.1. The number of halogens is 1. The van der Waals surface area contributed by atoms with Gasteiger partial charge in [-0.05, 0) is 24.8 Å². The molecule has 1 aromatic rings. The van der Waals surface area contributed by atoms with E-state index in [1.165, 1.54) is 12.1 Å². The highest BCUT2D eigenvalue weighted by Crippen LogP contribution is 2.30. The van der Waals surface area contributed by atoms with E-state index in [4.69, 9.17) is 9.47 Å². The van der Waals surface area contributed by atoms with Gasteiger partial charge in [-0.25, -0.2) is 4.39 Å². The van der Waals surface area contributed by atoms with Crippen molar-refractivity contribution in [1.82, 2.24) is 0 Å². The molecule has 6 nitrogen and oxygen atoms in total. The first kappa shape index (κ1) is 16.6. The lowest BCUT2D eigenvalue weighted by Gasteiger charge is -2.34. The number of piperidine rings is 1. The predicted octanol–water partition coefficient (Wildman–Crippen LogP) is 2.96. The molecule has 2 rings (SSSR count). The molecule has 0 unspecified atom stereocenters. The Bertz CT molecular complexity index is 514. The van der Waals surface area contributed by atoms with E-state index >= 15 is 0 Å². The van der Waals surface area contributed by atoms with Gasteiger partial charge in [-0.1, -0.05) is 0 Å². The number of benzene rings is 1. The maximum absolute atomic E-state index is 14.0.